The van der Waals surface area contributed by atoms with Crippen LogP contribution in [0.25, 0.3) is 0 Å². The van der Waals surface area contributed by atoms with Crippen molar-refractivity contribution >= 4 is 5.97 Å². The van der Waals surface area contributed by atoms with Gasteiger partial charge in [0.2, 0.25) is 0 Å². The van der Waals surface area contributed by atoms with E-state index in [1.54, 1.807) is 0 Å². The number of carbonyl (C=O) groups is 1. The molecule has 1 atom stereocenters. The van der Waals surface area contributed by atoms with Gasteiger partial charge in [-0.1, -0.05) is 6.42 Å². The third-order valence-electron chi connectivity index (χ3n) is 3.47. The molecule has 0 aromatic rings. The first kappa shape index (κ1) is 7.14. The number of hydrogen-bond acceptors (Lipinski definition) is 1. The standard InChI is InChI=1S/C9H14O2/c10-8(11)7-2-5-9(6-7)3-1-4-9/h7H,1-6H2,(H,10,11). The number of carboxylic acid groups (broad SMARTS) is 1. The minimum absolute atomic E-state index is 0.0182. The van der Waals surface area contributed by atoms with E-state index in [1.807, 2.05) is 0 Å². The maximum absolute atomic E-state index is 10.6. The summed E-state index contributed by atoms with van der Waals surface area (Å²) in [7, 11) is 0. The summed E-state index contributed by atoms with van der Waals surface area (Å²) in [5, 5.41) is 8.77. The van der Waals surface area contributed by atoms with E-state index in [-0.39, 0.29) is 5.92 Å². The van der Waals surface area contributed by atoms with Gasteiger partial charge in [-0.15, -0.1) is 0 Å². The Labute approximate surface area is 66.6 Å². The van der Waals surface area contributed by atoms with Crippen molar-refractivity contribution in [3.8, 4) is 0 Å². The Morgan fingerprint density at radius 3 is 2.36 bits per heavy atom. The predicted molar refractivity (Wildman–Crippen MR) is 41.3 cm³/mol. The lowest BCUT2D eigenvalue weighted by Crippen LogP contribution is -2.26. The minimum atomic E-state index is -0.575. The van der Waals surface area contributed by atoms with Crippen LogP contribution in [0.4, 0.5) is 0 Å². The highest BCUT2D eigenvalue weighted by molar-refractivity contribution is 5.70. The second-order valence-electron chi connectivity index (χ2n) is 4.13. The molecule has 62 valence electrons. The second kappa shape index (κ2) is 2.23. The zero-order chi connectivity index (χ0) is 7.90. The van der Waals surface area contributed by atoms with E-state index in [9.17, 15) is 4.79 Å². The molecule has 1 spiro atoms. The molecule has 0 aromatic carbocycles. The lowest BCUT2D eigenvalue weighted by molar-refractivity contribution is -0.141. The Bertz CT molecular complexity index is 182. The van der Waals surface area contributed by atoms with E-state index in [0.29, 0.717) is 5.41 Å². The molecule has 0 heterocycles. The third-order valence-corrected chi connectivity index (χ3v) is 3.47. The molecule has 1 N–H and O–H groups in total. The molecule has 2 fully saturated rings. The number of rotatable bonds is 1. The van der Waals surface area contributed by atoms with Gasteiger partial charge < -0.3 is 5.11 Å². The maximum Gasteiger partial charge on any atom is 0.306 e. The van der Waals surface area contributed by atoms with Gasteiger partial charge in [0, 0.05) is 0 Å². The maximum atomic E-state index is 10.6. The first-order chi connectivity index (χ1) is 5.22. The molecule has 0 amide bonds. The van der Waals surface area contributed by atoms with Crippen molar-refractivity contribution in [2.75, 3.05) is 0 Å². The molecule has 2 aliphatic carbocycles. The number of carboxylic acids is 1. The van der Waals surface area contributed by atoms with Crippen molar-refractivity contribution in [3.05, 3.63) is 0 Å². The molecule has 0 saturated heterocycles. The third kappa shape index (κ3) is 1.05. The molecule has 0 bridgehead atoms. The summed E-state index contributed by atoms with van der Waals surface area (Å²) in [6.07, 6.45) is 6.96. The summed E-state index contributed by atoms with van der Waals surface area (Å²) in [6.45, 7) is 0. The lowest BCUT2D eigenvalue weighted by atomic mass is 9.67. The fourth-order valence-corrected chi connectivity index (χ4v) is 2.55. The van der Waals surface area contributed by atoms with Crippen molar-refractivity contribution in [2.45, 2.75) is 38.5 Å². The molecule has 2 nitrogen and oxygen atoms in total. The number of hydrogen-bond donors (Lipinski definition) is 1. The largest absolute Gasteiger partial charge is 0.481 e. The van der Waals surface area contributed by atoms with E-state index in [0.717, 1.165) is 12.8 Å². The van der Waals surface area contributed by atoms with Gasteiger partial charge in [-0.2, -0.15) is 0 Å². The van der Waals surface area contributed by atoms with Crippen molar-refractivity contribution in [1.29, 1.82) is 0 Å². The van der Waals surface area contributed by atoms with Crippen LogP contribution in [0, 0.1) is 11.3 Å². The van der Waals surface area contributed by atoms with Gasteiger partial charge in [0.25, 0.3) is 0 Å². The molecule has 2 saturated carbocycles. The highest BCUT2D eigenvalue weighted by Crippen LogP contribution is 2.54. The van der Waals surface area contributed by atoms with Crippen LogP contribution in [0.15, 0.2) is 0 Å². The van der Waals surface area contributed by atoms with Crippen molar-refractivity contribution in [3.63, 3.8) is 0 Å². The van der Waals surface area contributed by atoms with E-state index in [1.165, 1.54) is 25.7 Å². The zero-order valence-electron chi connectivity index (χ0n) is 6.68. The Morgan fingerprint density at radius 2 is 2.09 bits per heavy atom. The summed E-state index contributed by atoms with van der Waals surface area (Å²) in [6, 6.07) is 0. The molecule has 0 aromatic heterocycles. The van der Waals surface area contributed by atoms with Gasteiger partial charge >= 0.3 is 5.97 Å². The summed E-state index contributed by atoms with van der Waals surface area (Å²) < 4.78 is 0. The fraction of sp³-hybridized carbons (Fsp3) is 0.889. The van der Waals surface area contributed by atoms with Crippen molar-refractivity contribution in [2.24, 2.45) is 11.3 Å². The SMILES string of the molecule is O=C(O)C1CCC2(CCC2)C1. The first-order valence-corrected chi connectivity index (χ1v) is 4.45. The summed E-state index contributed by atoms with van der Waals surface area (Å²) >= 11 is 0. The summed E-state index contributed by atoms with van der Waals surface area (Å²) in [5.41, 5.74) is 0.489. The molecule has 1 unspecified atom stereocenters. The van der Waals surface area contributed by atoms with Crippen LogP contribution < -0.4 is 0 Å². The van der Waals surface area contributed by atoms with Crippen LogP contribution in [0.3, 0.4) is 0 Å². The summed E-state index contributed by atoms with van der Waals surface area (Å²) in [4.78, 5) is 10.6. The highest BCUT2D eigenvalue weighted by Gasteiger charge is 2.45. The molecular formula is C9H14O2. The Hall–Kier alpha value is -0.530. The van der Waals surface area contributed by atoms with Crippen molar-refractivity contribution < 1.29 is 9.90 Å². The van der Waals surface area contributed by atoms with Crippen LogP contribution in [-0.4, -0.2) is 11.1 Å². The van der Waals surface area contributed by atoms with E-state index in [4.69, 9.17) is 5.11 Å². The van der Waals surface area contributed by atoms with Crippen molar-refractivity contribution in [1.82, 2.24) is 0 Å². The van der Waals surface area contributed by atoms with E-state index < -0.39 is 5.97 Å². The predicted octanol–water partition coefficient (Wildman–Crippen LogP) is 2.04. The fourth-order valence-electron chi connectivity index (χ4n) is 2.55. The molecule has 2 rings (SSSR count). The van der Waals surface area contributed by atoms with Crippen LogP contribution in [0.1, 0.15) is 38.5 Å². The van der Waals surface area contributed by atoms with Gasteiger partial charge in [0.05, 0.1) is 5.92 Å². The normalized spacial score (nSPS) is 33.6. The van der Waals surface area contributed by atoms with Crippen LogP contribution >= 0.6 is 0 Å². The van der Waals surface area contributed by atoms with Gasteiger partial charge in [0.15, 0.2) is 0 Å². The van der Waals surface area contributed by atoms with Crippen LogP contribution in [-0.2, 0) is 4.79 Å². The average molecular weight is 154 g/mol. The molecule has 2 aliphatic rings. The zero-order valence-corrected chi connectivity index (χ0v) is 6.68. The van der Waals surface area contributed by atoms with E-state index >= 15 is 0 Å². The molecule has 11 heavy (non-hydrogen) atoms. The summed E-state index contributed by atoms with van der Waals surface area (Å²) in [5.74, 6) is -0.593. The van der Waals surface area contributed by atoms with Gasteiger partial charge in [-0.05, 0) is 37.5 Å². The minimum Gasteiger partial charge on any atom is -0.481 e. The first-order valence-electron chi connectivity index (χ1n) is 4.45. The average Bonchev–Trinajstić information content (AvgIpc) is 2.28. The smallest absolute Gasteiger partial charge is 0.306 e. The Morgan fingerprint density at radius 1 is 1.36 bits per heavy atom. The Kier molecular flexibility index (Phi) is 1.44. The van der Waals surface area contributed by atoms with Gasteiger partial charge in [-0.25, -0.2) is 0 Å². The van der Waals surface area contributed by atoms with Gasteiger partial charge in [-0.3, -0.25) is 4.79 Å². The molecule has 0 aliphatic heterocycles. The topological polar surface area (TPSA) is 37.3 Å². The monoisotopic (exact) mass is 154 g/mol. The number of aliphatic carboxylic acids is 1. The molecule has 2 heteroatoms. The highest BCUT2D eigenvalue weighted by atomic mass is 16.4. The second-order valence-corrected chi connectivity index (χ2v) is 4.13. The van der Waals surface area contributed by atoms with Crippen LogP contribution in [0.5, 0.6) is 0 Å². The molecule has 0 radical (unpaired) electrons. The molecular weight excluding hydrogens is 140 g/mol. The van der Waals surface area contributed by atoms with E-state index in [2.05, 4.69) is 0 Å². The lowest BCUT2D eigenvalue weighted by Gasteiger charge is -2.38. The quantitative estimate of drug-likeness (QED) is 0.627. The Balaban J connectivity index is 1.98. The van der Waals surface area contributed by atoms with Crippen LogP contribution in [0.2, 0.25) is 0 Å². The van der Waals surface area contributed by atoms with Gasteiger partial charge in [0.1, 0.15) is 0 Å².